The monoisotopic (exact) mass is 276 g/mol. The molecule has 2 N–H and O–H groups in total. The lowest BCUT2D eigenvalue weighted by atomic mass is 10.2. The summed E-state index contributed by atoms with van der Waals surface area (Å²) in [6, 6.07) is 13.9. The summed E-state index contributed by atoms with van der Waals surface area (Å²) in [6.07, 6.45) is 0. The van der Waals surface area contributed by atoms with Crippen molar-refractivity contribution in [1.82, 2.24) is 0 Å². The lowest BCUT2D eigenvalue weighted by Crippen LogP contribution is -1.95. The SMILES string of the molecule is O=C(O)c1cccc(SCc2cccc(OO)c2)c1. The molecule has 0 saturated carbocycles. The van der Waals surface area contributed by atoms with Crippen molar-refractivity contribution in [3.8, 4) is 5.75 Å². The number of thioether (sulfide) groups is 1. The summed E-state index contributed by atoms with van der Waals surface area (Å²) in [5, 5.41) is 17.5. The number of carboxylic acids is 1. The summed E-state index contributed by atoms with van der Waals surface area (Å²) in [7, 11) is 0. The third-order valence-corrected chi connectivity index (χ3v) is 3.56. The molecule has 98 valence electrons. The molecule has 0 aliphatic rings. The average molecular weight is 276 g/mol. The first-order valence-electron chi connectivity index (χ1n) is 5.55. The normalized spacial score (nSPS) is 10.2. The van der Waals surface area contributed by atoms with E-state index in [0.29, 0.717) is 11.5 Å². The third kappa shape index (κ3) is 3.74. The maximum Gasteiger partial charge on any atom is 0.335 e. The molecule has 4 nitrogen and oxygen atoms in total. The Morgan fingerprint density at radius 3 is 2.68 bits per heavy atom. The summed E-state index contributed by atoms with van der Waals surface area (Å²) >= 11 is 1.52. The highest BCUT2D eigenvalue weighted by Crippen LogP contribution is 2.25. The highest BCUT2D eigenvalue weighted by Gasteiger charge is 2.04. The van der Waals surface area contributed by atoms with E-state index in [1.165, 1.54) is 11.8 Å². The fourth-order valence-electron chi connectivity index (χ4n) is 1.58. The number of carbonyl (C=O) groups is 1. The summed E-state index contributed by atoms with van der Waals surface area (Å²) in [5.41, 5.74) is 1.26. The Morgan fingerprint density at radius 1 is 1.16 bits per heavy atom. The molecule has 0 saturated heterocycles. The van der Waals surface area contributed by atoms with Crippen LogP contribution in [0.15, 0.2) is 53.4 Å². The first-order chi connectivity index (χ1) is 9.19. The molecule has 5 heteroatoms. The predicted molar refractivity (Wildman–Crippen MR) is 72.7 cm³/mol. The van der Waals surface area contributed by atoms with Crippen molar-refractivity contribution in [2.24, 2.45) is 0 Å². The Hall–Kier alpha value is -1.98. The van der Waals surface area contributed by atoms with Crippen molar-refractivity contribution in [1.29, 1.82) is 0 Å². The van der Waals surface area contributed by atoms with Crippen LogP contribution >= 0.6 is 11.8 Å². The van der Waals surface area contributed by atoms with Crippen LogP contribution in [0.4, 0.5) is 0 Å². The maximum absolute atomic E-state index is 10.9. The van der Waals surface area contributed by atoms with Crippen molar-refractivity contribution in [2.75, 3.05) is 0 Å². The number of carboxylic acid groups (broad SMARTS) is 1. The van der Waals surface area contributed by atoms with Gasteiger partial charge in [0.1, 0.15) is 0 Å². The molecule has 0 radical (unpaired) electrons. The molecule has 0 aliphatic heterocycles. The fourth-order valence-corrected chi connectivity index (χ4v) is 2.48. The molecule has 2 rings (SSSR count). The second-order valence-electron chi connectivity index (χ2n) is 3.86. The molecule has 0 fully saturated rings. The standard InChI is InChI=1S/C14H12O4S/c15-14(16)11-4-2-6-13(8-11)19-9-10-3-1-5-12(7-10)18-17/h1-8,17H,9H2,(H,15,16). The van der Waals surface area contributed by atoms with Gasteiger partial charge >= 0.3 is 5.97 Å². The van der Waals surface area contributed by atoms with E-state index in [-0.39, 0.29) is 5.56 Å². The molecule has 19 heavy (non-hydrogen) atoms. The van der Waals surface area contributed by atoms with Crippen molar-refractivity contribution in [2.45, 2.75) is 10.6 Å². The smallest absolute Gasteiger partial charge is 0.335 e. The van der Waals surface area contributed by atoms with Crippen LogP contribution in [-0.4, -0.2) is 16.3 Å². The highest BCUT2D eigenvalue weighted by molar-refractivity contribution is 7.98. The topological polar surface area (TPSA) is 66.8 Å². The van der Waals surface area contributed by atoms with Gasteiger partial charge in [0.2, 0.25) is 0 Å². The number of rotatable bonds is 5. The Labute approximate surface area is 114 Å². The molecule has 0 unspecified atom stereocenters. The van der Waals surface area contributed by atoms with Gasteiger partial charge in [-0.05, 0) is 35.9 Å². The molecule has 0 heterocycles. The van der Waals surface area contributed by atoms with Crippen LogP contribution in [0.1, 0.15) is 15.9 Å². The van der Waals surface area contributed by atoms with Gasteiger partial charge in [0.15, 0.2) is 5.75 Å². The van der Waals surface area contributed by atoms with Crippen LogP contribution < -0.4 is 4.89 Å². The number of benzene rings is 2. The van der Waals surface area contributed by atoms with E-state index in [0.717, 1.165) is 10.5 Å². The van der Waals surface area contributed by atoms with E-state index in [1.807, 2.05) is 12.1 Å². The highest BCUT2D eigenvalue weighted by atomic mass is 32.2. The first-order valence-corrected chi connectivity index (χ1v) is 6.54. The predicted octanol–water partition coefficient (Wildman–Crippen LogP) is 3.53. The van der Waals surface area contributed by atoms with Gasteiger partial charge in [-0.15, -0.1) is 11.8 Å². The van der Waals surface area contributed by atoms with Crippen LogP contribution in [0.3, 0.4) is 0 Å². The summed E-state index contributed by atoms with van der Waals surface area (Å²) < 4.78 is 0. The van der Waals surface area contributed by atoms with E-state index in [1.54, 1.807) is 36.4 Å². The molecule has 0 atom stereocenters. The maximum atomic E-state index is 10.9. The zero-order valence-electron chi connectivity index (χ0n) is 9.95. The van der Waals surface area contributed by atoms with Crippen molar-refractivity contribution in [3.05, 3.63) is 59.7 Å². The van der Waals surface area contributed by atoms with Crippen LogP contribution in [0.25, 0.3) is 0 Å². The molecule has 2 aromatic rings. The molecule has 0 aromatic heterocycles. The Morgan fingerprint density at radius 2 is 1.95 bits per heavy atom. The largest absolute Gasteiger partial charge is 0.478 e. The third-order valence-electron chi connectivity index (χ3n) is 2.49. The Balaban J connectivity index is 2.05. The Kier molecular flexibility index (Phi) is 4.43. The Bertz CT molecular complexity index is 583. The number of hydrogen-bond donors (Lipinski definition) is 2. The van der Waals surface area contributed by atoms with Crippen LogP contribution in [0.5, 0.6) is 5.75 Å². The minimum absolute atomic E-state index is 0.275. The van der Waals surface area contributed by atoms with Crippen molar-refractivity contribution in [3.63, 3.8) is 0 Å². The number of hydrogen-bond acceptors (Lipinski definition) is 4. The summed E-state index contributed by atoms with van der Waals surface area (Å²) in [4.78, 5) is 15.9. The van der Waals surface area contributed by atoms with Gasteiger partial charge in [-0.3, -0.25) is 0 Å². The van der Waals surface area contributed by atoms with E-state index < -0.39 is 5.97 Å². The van der Waals surface area contributed by atoms with Crippen molar-refractivity contribution >= 4 is 17.7 Å². The lowest BCUT2D eigenvalue weighted by molar-refractivity contribution is -0.137. The molecule has 0 bridgehead atoms. The fraction of sp³-hybridized carbons (Fsp3) is 0.0714. The molecular formula is C14H12O4S. The van der Waals surface area contributed by atoms with Gasteiger partial charge in [-0.2, -0.15) is 0 Å². The van der Waals surface area contributed by atoms with E-state index >= 15 is 0 Å². The first kappa shape index (κ1) is 13.5. The molecule has 2 aromatic carbocycles. The van der Waals surface area contributed by atoms with Gasteiger partial charge in [-0.1, -0.05) is 18.2 Å². The molecule has 0 spiro atoms. The van der Waals surface area contributed by atoms with Gasteiger partial charge in [-0.25, -0.2) is 10.1 Å². The van der Waals surface area contributed by atoms with Crippen LogP contribution in [-0.2, 0) is 5.75 Å². The molecule has 0 aliphatic carbocycles. The molecule has 0 amide bonds. The zero-order valence-corrected chi connectivity index (χ0v) is 10.8. The van der Waals surface area contributed by atoms with E-state index in [9.17, 15) is 4.79 Å². The van der Waals surface area contributed by atoms with Gasteiger partial charge in [0, 0.05) is 10.6 Å². The van der Waals surface area contributed by atoms with Crippen molar-refractivity contribution < 1.29 is 20.0 Å². The minimum atomic E-state index is -0.932. The minimum Gasteiger partial charge on any atom is -0.478 e. The number of aromatic carboxylic acids is 1. The van der Waals surface area contributed by atoms with Crippen LogP contribution in [0, 0.1) is 0 Å². The second-order valence-corrected chi connectivity index (χ2v) is 4.91. The average Bonchev–Trinajstić information content (AvgIpc) is 2.45. The summed E-state index contributed by atoms with van der Waals surface area (Å²) in [6.45, 7) is 0. The van der Waals surface area contributed by atoms with Crippen LogP contribution in [0.2, 0.25) is 0 Å². The van der Waals surface area contributed by atoms with Gasteiger partial charge in [0.25, 0.3) is 0 Å². The zero-order chi connectivity index (χ0) is 13.7. The van der Waals surface area contributed by atoms with Gasteiger partial charge in [0.05, 0.1) is 5.56 Å². The van der Waals surface area contributed by atoms with E-state index in [4.69, 9.17) is 10.4 Å². The van der Waals surface area contributed by atoms with Gasteiger partial charge < -0.3 is 9.99 Å². The molecular weight excluding hydrogens is 264 g/mol. The second kappa shape index (κ2) is 6.26. The lowest BCUT2D eigenvalue weighted by Gasteiger charge is -2.04. The van der Waals surface area contributed by atoms with E-state index in [2.05, 4.69) is 4.89 Å². The quantitative estimate of drug-likeness (QED) is 0.497. The summed E-state index contributed by atoms with van der Waals surface area (Å²) in [5.74, 6) is 0.121.